The van der Waals surface area contributed by atoms with Gasteiger partial charge in [0.2, 0.25) is 0 Å². The zero-order valence-electron chi connectivity index (χ0n) is 9.59. The molecule has 1 N–H and O–H groups in total. The second kappa shape index (κ2) is 6.94. The van der Waals surface area contributed by atoms with E-state index >= 15 is 0 Å². The minimum absolute atomic E-state index is 0.167. The van der Waals surface area contributed by atoms with Gasteiger partial charge in [0.1, 0.15) is 0 Å². The molecule has 1 aliphatic heterocycles. The monoisotopic (exact) mass is 186 g/mol. The van der Waals surface area contributed by atoms with E-state index in [9.17, 15) is 0 Å². The van der Waals surface area contributed by atoms with Crippen LogP contribution in [0.2, 0.25) is 0 Å². The van der Waals surface area contributed by atoms with Crippen molar-refractivity contribution in [2.45, 2.75) is 59.4 Å². The van der Waals surface area contributed by atoms with Gasteiger partial charge in [0, 0.05) is 6.10 Å². The molecule has 1 heterocycles. The molecule has 1 atom stereocenters. The molecule has 78 valence electrons. The fraction of sp³-hybridized carbons (Fsp3) is 0.818. The highest BCUT2D eigenvalue weighted by molar-refractivity contribution is 4.90. The maximum atomic E-state index is 8.06. The Morgan fingerprint density at radius 2 is 1.54 bits per heavy atom. The molecule has 0 aromatic carbocycles. The minimum Gasteiger partial charge on any atom is -0.394 e. The Morgan fingerprint density at radius 1 is 1.46 bits per heavy atom. The molecule has 0 amide bonds. The summed E-state index contributed by atoms with van der Waals surface area (Å²) in [6.07, 6.45) is 4.93. The summed E-state index contributed by atoms with van der Waals surface area (Å²) >= 11 is 0. The summed E-state index contributed by atoms with van der Waals surface area (Å²) in [6, 6.07) is 0. The van der Waals surface area contributed by atoms with Gasteiger partial charge in [0.25, 0.3) is 0 Å². The normalized spacial score (nSPS) is 21.6. The molecule has 0 aromatic heterocycles. The molecule has 0 aliphatic carbocycles. The van der Waals surface area contributed by atoms with E-state index in [1.165, 1.54) is 0 Å². The van der Waals surface area contributed by atoms with Crippen LogP contribution in [0.5, 0.6) is 0 Å². The zero-order chi connectivity index (χ0) is 11.1. The van der Waals surface area contributed by atoms with Crippen molar-refractivity contribution in [1.82, 2.24) is 0 Å². The Bertz CT molecular complexity index is 151. The Morgan fingerprint density at radius 3 is 1.54 bits per heavy atom. The van der Waals surface area contributed by atoms with Crippen molar-refractivity contribution in [2.24, 2.45) is 0 Å². The first-order valence-corrected chi connectivity index (χ1v) is 4.51. The van der Waals surface area contributed by atoms with Crippen molar-refractivity contribution in [3.05, 3.63) is 0 Å². The third-order valence-corrected chi connectivity index (χ3v) is 1.40. The van der Waals surface area contributed by atoms with Crippen LogP contribution in [0.15, 0.2) is 0 Å². The predicted molar refractivity (Wildman–Crippen MR) is 56.5 cm³/mol. The minimum atomic E-state index is -0.167. The van der Waals surface area contributed by atoms with E-state index < -0.39 is 0 Å². The van der Waals surface area contributed by atoms with Crippen LogP contribution in [0.25, 0.3) is 0 Å². The van der Waals surface area contributed by atoms with Crippen LogP contribution in [-0.2, 0) is 4.74 Å². The molecule has 13 heavy (non-hydrogen) atoms. The van der Waals surface area contributed by atoms with Gasteiger partial charge in [-0.15, -0.1) is 12.3 Å². The first kappa shape index (κ1) is 15.0. The lowest BCUT2D eigenvalue weighted by molar-refractivity contribution is 0.216. The first-order valence-electron chi connectivity index (χ1n) is 4.51. The van der Waals surface area contributed by atoms with E-state index in [0.717, 1.165) is 0 Å². The Kier molecular flexibility index (Phi) is 7.99. The molecular weight excluding hydrogens is 164 g/mol. The van der Waals surface area contributed by atoms with Gasteiger partial charge >= 0.3 is 0 Å². The maximum absolute atomic E-state index is 8.06. The van der Waals surface area contributed by atoms with Gasteiger partial charge in [-0.1, -0.05) is 0 Å². The van der Waals surface area contributed by atoms with Crippen LogP contribution >= 0.6 is 0 Å². The highest BCUT2D eigenvalue weighted by Gasteiger charge is 2.43. The molecule has 1 aliphatic rings. The summed E-state index contributed by atoms with van der Waals surface area (Å²) in [7, 11) is 0. The van der Waals surface area contributed by atoms with Gasteiger partial charge < -0.3 is 9.84 Å². The van der Waals surface area contributed by atoms with Crippen LogP contribution in [-0.4, -0.2) is 22.9 Å². The number of hydrogen-bond donors (Lipinski definition) is 1. The maximum Gasteiger partial charge on any atom is 0.0889 e. The van der Waals surface area contributed by atoms with E-state index in [0.29, 0.717) is 6.10 Å². The Hall–Kier alpha value is -0.520. The summed E-state index contributed by atoms with van der Waals surface area (Å²) in [6.45, 7) is 11.4. The van der Waals surface area contributed by atoms with Crippen LogP contribution in [0.1, 0.15) is 41.5 Å². The van der Waals surface area contributed by atoms with Gasteiger partial charge in [-0.2, -0.15) is 0 Å². The van der Waals surface area contributed by atoms with Crippen molar-refractivity contribution < 1.29 is 9.84 Å². The van der Waals surface area contributed by atoms with Gasteiger partial charge in [0.05, 0.1) is 11.7 Å². The molecule has 0 saturated carbocycles. The van der Waals surface area contributed by atoms with E-state index in [1.807, 2.05) is 0 Å². The number of epoxide rings is 1. The van der Waals surface area contributed by atoms with E-state index in [1.54, 1.807) is 20.8 Å². The molecule has 0 spiro atoms. The third kappa shape index (κ3) is 14.3. The summed E-state index contributed by atoms with van der Waals surface area (Å²) in [4.78, 5) is 0. The molecule has 0 aromatic rings. The van der Waals surface area contributed by atoms with Gasteiger partial charge in [-0.3, -0.25) is 0 Å². The molecule has 2 nitrogen and oxygen atoms in total. The fourth-order valence-electron chi connectivity index (χ4n) is 0.422. The number of ether oxygens (including phenoxy) is 1. The standard InChI is InChI=1S/C5H10O.C3H8O.C3H4/c1-4-5(2,3)6-4;1-3(2)4;1-3-2/h4H,1-3H3;3-4H,1-2H3;1H,2H3. The fourth-order valence-corrected chi connectivity index (χ4v) is 0.422. The van der Waals surface area contributed by atoms with Gasteiger partial charge in [0.15, 0.2) is 0 Å². The molecule has 1 unspecified atom stereocenters. The van der Waals surface area contributed by atoms with Gasteiger partial charge in [-0.05, 0) is 41.5 Å². The SMILES string of the molecule is C#CC.CC(C)O.CC1OC1(C)C. The lowest BCUT2D eigenvalue weighted by Crippen LogP contribution is -1.97. The Labute approximate surface area is 82.3 Å². The van der Waals surface area contributed by atoms with Crippen molar-refractivity contribution in [2.75, 3.05) is 0 Å². The van der Waals surface area contributed by atoms with E-state index in [-0.39, 0.29) is 11.7 Å². The topological polar surface area (TPSA) is 32.8 Å². The summed E-state index contributed by atoms with van der Waals surface area (Å²) in [5.41, 5.74) is 0.208. The van der Waals surface area contributed by atoms with E-state index in [4.69, 9.17) is 9.84 Å². The van der Waals surface area contributed by atoms with E-state index in [2.05, 4.69) is 33.1 Å². The molecule has 1 rings (SSSR count). The van der Waals surface area contributed by atoms with Crippen LogP contribution < -0.4 is 0 Å². The van der Waals surface area contributed by atoms with Crippen LogP contribution in [0.4, 0.5) is 0 Å². The Balaban J connectivity index is 0. The number of terminal acetylenes is 1. The number of rotatable bonds is 0. The smallest absolute Gasteiger partial charge is 0.0889 e. The average molecular weight is 186 g/mol. The summed E-state index contributed by atoms with van der Waals surface area (Å²) < 4.78 is 5.10. The van der Waals surface area contributed by atoms with Gasteiger partial charge in [-0.25, -0.2) is 0 Å². The molecule has 1 saturated heterocycles. The third-order valence-electron chi connectivity index (χ3n) is 1.40. The molecule has 0 radical (unpaired) electrons. The quantitative estimate of drug-likeness (QED) is 0.465. The first-order chi connectivity index (χ1) is 5.77. The lowest BCUT2D eigenvalue weighted by Gasteiger charge is -1.84. The molecular formula is C11H22O2. The second-order valence-corrected chi connectivity index (χ2v) is 3.75. The number of hydrogen-bond acceptors (Lipinski definition) is 2. The summed E-state index contributed by atoms with van der Waals surface area (Å²) in [5.74, 6) is 2.25. The van der Waals surface area contributed by atoms with Crippen molar-refractivity contribution >= 4 is 0 Å². The average Bonchev–Trinajstić information content (AvgIpc) is 2.36. The molecule has 0 bridgehead atoms. The highest BCUT2D eigenvalue weighted by atomic mass is 16.6. The molecule has 2 heteroatoms. The van der Waals surface area contributed by atoms with Crippen molar-refractivity contribution in [1.29, 1.82) is 0 Å². The zero-order valence-corrected chi connectivity index (χ0v) is 9.59. The largest absolute Gasteiger partial charge is 0.394 e. The van der Waals surface area contributed by atoms with Crippen LogP contribution in [0.3, 0.4) is 0 Å². The predicted octanol–water partition coefficient (Wildman–Crippen LogP) is 2.21. The number of aliphatic hydroxyl groups is 1. The van der Waals surface area contributed by atoms with Crippen molar-refractivity contribution in [3.8, 4) is 12.3 Å². The molecule has 1 fully saturated rings. The highest BCUT2D eigenvalue weighted by Crippen LogP contribution is 2.33. The summed E-state index contributed by atoms with van der Waals surface area (Å²) in [5, 5.41) is 8.06. The lowest BCUT2D eigenvalue weighted by atomic mass is 10.2. The van der Waals surface area contributed by atoms with Crippen LogP contribution in [0, 0.1) is 12.3 Å². The van der Waals surface area contributed by atoms with Crippen molar-refractivity contribution in [3.63, 3.8) is 0 Å². The number of aliphatic hydroxyl groups excluding tert-OH is 1. The second-order valence-electron chi connectivity index (χ2n) is 3.75.